The van der Waals surface area contributed by atoms with E-state index in [0.717, 1.165) is 24.9 Å². The lowest BCUT2D eigenvalue weighted by molar-refractivity contribution is 0.0951. The lowest BCUT2D eigenvalue weighted by Crippen LogP contribution is -2.35. The molecule has 0 saturated heterocycles. The molecule has 3 rings (SSSR count). The van der Waals surface area contributed by atoms with Crippen molar-refractivity contribution in [3.63, 3.8) is 0 Å². The first-order chi connectivity index (χ1) is 12.6. The van der Waals surface area contributed by atoms with Crippen LogP contribution in [0.15, 0.2) is 42.7 Å². The van der Waals surface area contributed by atoms with Gasteiger partial charge in [-0.1, -0.05) is 32.0 Å². The van der Waals surface area contributed by atoms with Crippen molar-refractivity contribution in [1.29, 1.82) is 0 Å². The van der Waals surface area contributed by atoms with E-state index in [0.29, 0.717) is 30.1 Å². The average molecular weight is 351 g/mol. The second-order valence-corrected chi connectivity index (χ2v) is 7.09. The van der Waals surface area contributed by atoms with Crippen LogP contribution < -0.4 is 10.2 Å². The van der Waals surface area contributed by atoms with E-state index < -0.39 is 0 Å². The Morgan fingerprint density at radius 1 is 1.19 bits per heavy atom. The van der Waals surface area contributed by atoms with Crippen molar-refractivity contribution in [2.75, 3.05) is 18.0 Å². The molecule has 1 aromatic heterocycles. The Bertz CT molecular complexity index is 801. The molecule has 0 spiro atoms. The number of carbonyl (C=O) groups excluding carboxylic acids is 2. The molecule has 2 amide bonds. The third-order valence-corrected chi connectivity index (χ3v) is 4.61. The van der Waals surface area contributed by atoms with E-state index >= 15 is 0 Å². The molecule has 5 nitrogen and oxygen atoms in total. The SMILES string of the molecule is CC(C)CCNC(=O)c1cncc(C(=O)N2CCCc3ccccc32)c1. The van der Waals surface area contributed by atoms with Gasteiger partial charge in [0.1, 0.15) is 0 Å². The predicted molar refractivity (Wildman–Crippen MR) is 102 cm³/mol. The molecule has 0 saturated carbocycles. The number of hydrogen-bond donors (Lipinski definition) is 1. The van der Waals surface area contributed by atoms with E-state index in [2.05, 4.69) is 30.2 Å². The molecular formula is C21H25N3O2. The molecule has 0 aliphatic carbocycles. The van der Waals surface area contributed by atoms with Crippen molar-refractivity contribution in [2.24, 2.45) is 5.92 Å². The Labute approximate surface area is 154 Å². The van der Waals surface area contributed by atoms with Crippen LogP contribution in [0.2, 0.25) is 0 Å². The van der Waals surface area contributed by atoms with Crippen LogP contribution in [-0.4, -0.2) is 29.9 Å². The molecule has 2 heterocycles. The summed E-state index contributed by atoms with van der Waals surface area (Å²) in [7, 11) is 0. The van der Waals surface area contributed by atoms with E-state index in [-0.39, 0.29) is 11.8 Å². The van der Waals surface area contributed by atoms with E-state index in [1.807, 2.05) is 18.2 Å². The van der Waals surface area contributed by atoms with Crippen LogP contribution in [0, 0.1) is 5.92 Å². The predicted octanol–water partition coefficient (Wildman–Crippen LogP) is 3.45. The second-order valence-electron chi connectivity index (χ2n) is 7.09. The number of fused-ring (bicyclic) bond motifs is 1. The summed E-state index contributed by atoms with van der Waals surface area (Å²) in [4.78, 5) is 31.2. The number of aryl methyl sites for hydroxylation is 1. The Hall–Kier alpha value is -2.69. The molecule has 0 bridgehead atoms. The highest BCUT2D eigenvalue weighted by Gasteiger charge is 2.24. The molecule has 1 N–H and O–H groups in total. The van der Waals surface area contributed by atoms with Gasteiger partial charge in [0.25, 0.3) is 11.8 Å². The summed E-state index contributed by atoms with van der Waals surface area (Å²) in [5.74, 6) is 0.230. The maximum atomic E-state index is 13.0. The molecule has 5 heteroatoms. The van der Waals surface area contributed by atoms with Crippen LogP contribution in [-0.2, 0) is 6.42 Å². The number of anilines is 1. The molecule has 2 aromatic rings. The standard InChI is InChI=1S/C21H25N3O2/c1-15(2)9-10-23-20(25)17-12-18(14-22-13-17)21(26)24-11-5-7-16-6-3-4-8-19(16)24/h3-4,6,8,12-15H,5,7,9-11H2,1-2H3,(H,23,25). The zero-order valence-corrected chi connectivity index (χ0v) is 15.4. The van der Waals surface area contributed by atoms with Crippen molar-refractivity contribution in [3.05, 3.63) is 59.4 Å². The highest BCUT2D eigenvalue weighted by molar-refractivity contribution is 6.08. The van der Waals surface area contributed by atoms with Crippen LogP contribution >= 0.6 is 0 Å². The fraction of sp³-hybridized carbons (Fsp3) is 0.381. The second kappa shape index (κ2) is 8.13. The Balaban J connectivity index is 1.76. The minimum absolute atomic E-state index is 0.110. The Kier molecular flexibility index (Phi) is 5.66. The van der Waals surface area contributed by atoms with Crippen LogP contribution in [0.1, 0.15) is 53.0 Å². The van der Waals surface area contributed by atoms with Gasteiger partial charge < -0.3 is 10.2 Å². The van der Waals surface area contributed by atoms with Crippen molar-refractivity contribution >= 4 is 17.5 Å². The highest BCUT2D eigenvalue weighted by atomic mass is 16.2. The zero-order valence-electron chi connectivity index (χ0n) is 15.4. The first kappa shape index (κ1) is 18.1. The highest BCUT2D eigenvalue weighted by Crippen LogP contribution is 2.28. The third kappa shape index (κ3) is 4.10. The van der Waals surface area contributed by atoms with Crippen LogP contribution in [0.3, 0.4) is 0 Å². The van der Waals surface area contributed by atoms with Gasteiger partial charge in [0.05, 0.1) is 11.1 Å². The zero-order chi connectivity index (χ0) is 18.5. The molecule has 0 fully saturated rings. The normalized spacial score (nSPS) is 13.4. The van der Waals surface area contributed by atoms with Gasteiger partial charge >= 0.3 is 0 Å². The van der Waals surface area contributed by atoms with Gasteiger partial charge in [0, 0.05) is 31.2 Å². The van der Waals surface area contributed by atoms with Crippen LogP contribution in [0.5, 0.6) is 0 Å². The largest absolute Gasteiger partial charge is 0.352 e. The number of nitrogens with one attached hydrogen (secondary N) is 1. The molecule has 26 heavy (non-hydrogen) atoms. The summed E-state index contributed by atoms with van der Waals surface area (Å²) in [5, 5.41) is 2.89. The van der Waals surface area contributed by atoms with E-state index in [1.165, 1.54) is 18.0 Å². The summed E-state index contributed by atoms with van der Waals surface area (Å²) in [6, 6.07) is 9.61. The number of amides is 2. The summed E-state index contributed by atoms with van der Waals surface area (Å²) in [5.41, 5.74) is 3.00. The number of hydrogen-bond acceptors (Lipinski definition) is 3. The molecule has 1 aliphatic rings. The number of rotatable bonds is 5. The van der Waals surface area contributed by atoms with E-state index in [9.17, 15) is 9.59 Å². The third-order valence-electron chi connectivity index (χ3n) is 4.61. The van der Waals surface area contributed by atoms with Crippen molar-refractivity contribution in [1.82, 2.24) is 10.3 Å². The minimum Gasteiger partial charge on any atom is -0.352 e. The molecule has 0 unspecified atom stereocenters. The lowest BCUT2D eigenvalue weighted by atomic mass is 10.0. The number of nitrogens with zero attached hydrogens (tertiary/aromatic N) is 2. The minimum atomic E-state index is -0.188. The van der Waals surface area contributed by atoms with Crippen molar-refractivity contribution in [2.45, 2.75) is 33.1 Å². The number of pyridine rings is 1. The summed E-state index contributed by atoms with van der Waals surface area (Å²) < 4.78 is 0. The molecule has 136 valence electrons. The molecular weight excluding hydrogens is 326 g/mol. The number of benzene rings is 1. The lowest BCUT2D eigenvalue weighted by Gasteiger charge is -2.29. The van der Waals surface area contributed by atoms with Crippen molar-refractivity contribution < 1.29 is 9.59 Å². The maximum absolute atomic E-state index is 13.0. The van der Waals surface area contributed by atoms with Gasteiger partial charge in [0.2, 0.25) is 0 Å². The van der Waals surface area contributed by atoms with Gasteiger partial charge in [-0.15, -0.1) is 0 Å². The number of aromatic nitrogens is 1. The molecule has 1 aromatic carbocycles. The van der Waals surface area contributed by atoms with Gasteiger partial charge in [-0.05, 0) is 42.9 Å². The maximum Gasteiger partial charge on any atom is 0.259 e. The smallest absolute Gasteiger partial charge is 0.259 e. The van der Waals surface area contributed by atoms with E-state index in [1.54, 1.807) is 11.0 Å². The van der Waals surface area contributed by atoms with Crippen LogP contribution in [0.4, 0.5) is 5.69 Å². The van der Waals surface area contributed by atoms with Crippen molar-refractivity contribution in [3.8, 4) is 0 Å². The Morgan fingerprint density at radius 2 is 1.96 bits per heavy atom. The molecule has 1 aliphatic heterocycles. The average Bonchev–Trinajstić information content (AvgIpc) is 2.66. The number of para-hydroxylation sites is 1. The van der Waals surface area contributed by atoms with Gasteiger partial charge in [0.15, 0.2) is 0 Å². The molecule has 0 atom stereocenters. The summed E-state index contributed by atoms with van der Waals surface area (Å²) >= 11 is 0. The topological polar surface area (TPSA) is 62.3 Å². The quantitative estimate of drug-likeness (QED) is 0.897. The van der Waals surface area contributed by atoms with Crippen LogP contribution in [0.25, 0.3) is 0 Å². The first-order valence-corrected chi connectivity index (χ1v) is 9.19. The summed E-state index contributed by atoms with van der Waals surface area (Å²) in [6.45, 7) is 5.53. The first-order valence-electron chi connectivity index (χ1n) is 9.19. The monoisotopic (exact) mass is 351 g/mol. The fourth-order valence-corrected chi connectivity index (χ4v) is 3.16. The number of carbonyl (C=O) groups is 2. The van der Waals surface area contributed by atoms with Gasteiger partial charge in [-0.25, -0.2) is 0 Å². The van der Waals surface area contributed by atoms with Gasteiger partial charge in [-0.2, -0.15) is 0 Å². The fourth-order valence-electron chi connectivity index (χ4n) is 3.16. The molecule has 0 radical (unpaired) electrons. The van der Waals surface area contributed by atoms with E-state index in [4.69, 9.17) is 0 Å². The Morgan fingerprint density at radius 3 is 2.77 bits per heavy atom. The van der Waals surface area contributed by atoms with Gasteiger partial charge in [-0.3, -0.25) is 14.6 Å². The summed E-state index contributed by atoms with van der Waals surface area (Å²) in [6.07, 6.45) is 5.88.